The lowest BCUT2D eigenvalue weighted by Crippen LogP contribution is -2.44. The molecule has 10 nitrogen and oxygen atoms in total. The Morgan fingerprint density at radius 1 is 0.941 bits per heavy atom. The van der Waals surface area contributed by atoms with Crippen LogP contribution in [0.15, 0.2) is 70.3 Å². The van der Waals surface area contributed by atoms with Crippen LogP contribution in [0.4, 0.5) is 5.82 Å². The molecular weight excluding hydrogens is 440 g/mol. The molecular formula is C24H24N4O6. The number of hydrogen-bond donors (Lipinski definition) is 2. The summed E-state index contributed by atoms with van der Waals surface area (Å²) in [5.74, 6) is -2.54. The SMILES string of the molecule is Cn1c(N)c(C(=O)COC(=O)[C@@H](Cc2ccccc2)NC(=O)c2ccccc2)c(=O)n(C)c1=O. The summed E-state index contributed by atoms with van der Waals surface area (Å²) in [4.78, 5) is 62.5. The zero-order valence-corrected chi connectivity index (χ0v) is 18.7. The summed E-state index contributed by atoms with van der Waals surface area (Å²) in [5.41, 5.74) is 4.87. The van der Waals surface area contributed by atoms with Gasteiger partial charge in [-0.2, -0.15) is 0 Å². The van der Waals surface area contributed by atoms with Crippen molar-refractivity contribution in [3.8, 4) is 0 Å². The highest BCUT2D eigenvalue weighted by Crippen LogP contribution is 2.09. The standard InChI is InChI=1S/C24H24N4O6/c1-27-20(25)19(22(31)28(2)24(27)33)18(29)14-34-23(32)17(13-15-9-5-3-6-10-15)26-21(30)16-11-7-4-8-12-16/h3-12,17H,13-14,25H2,1-2H3,(H,26,30)/t17-/m1/s1. The molecule has 3 aromatic rings. The van der Waals surface area contributed by atoms with Gasteiger partial charge in [-0.3, -0.25) is 23.5 Å². The van der Waals surface area contributed by atoms with Gasteiger partial charge in [0, 0.05) is 26.1 Å². The van der Waals surface area contributed by atoms with Gasteiger partial charge in [-0.15, -0.1) is 0 Å². The van der Waals surface area contributed by atoms with Gasteiger partial charge in [0.15, 0.2) is 6.61 Å². The van der Waals surface area contributed by atoms with E-state index in [2.05, 4.69) is 5.32 Å². The second-order valence-corrected chi connectivity index (χ2v) is 7.58. The van der Waals surface area contributed by atoms with Gasteiger partial charge in [0.05, 0.1) is 0 Å². The zero-order chi connectivity index (χ0) is 24.8. The molecule has 0 aliphatic rings. The van der Waals surface area contributed by atoms with E-state index in [4.69, 9.17) is 10.5 Å². The molecule has 2 aromatic carbocycles. The van der Waals surface area contributed by atoms with Gasteiger partial charge in [0.1, 0.15) is 17.4 Å². The summed E-state index contributed by atoms with van der Waals surface area (Å²) in [6.07, 6.45) is 0.121. The highest BCUT2D eigenvalue weighted by Gasteiger charge is 2.26. The molecule has 176 valence electrons. The van der Waals surface area contributed by atoms with Crippen molar-refractivity contribution >= 4 is 23.5 Å². The van der Waals surface area contributed by atoms with Crippen LogP contribution in [-0.4, -0.2) is 39.4 Å². The molecule has 0 bridgehead atoms. The van der Waals surface area contributed by atoms with Crippen LogP contribution < -0.4 is 22.3 Å². The van der Waals surface area contributed by atoms with E-state index in [9.17, 15) is 24.0 Å². The number of nitrogens with one attached hydrogen (secondary N) is 1. The molecule has 0 radical (unpaired) electrons. The summed E-state index contributed by atoms with van der Waals surface area (Å²) in [6, 6.07) is 16.2. The average Bonchev–Trinajstić information content (AvgIpc) is 2.85. The van der Waals surface area contributed by atoms with Crippen molar-refractivity contribution in [3.05, 3.63) is 98.2 Å². The molecule has 3 N–H and O–H groups in total. The highest BCUT2D eigenvalue weighted by atomic mass is 16.5. The first-order valence-electron chi connectivity index (χ1n) is 10.4. The smallest absolute Gasteiger partial charge is 0.332 e. The van der Waals surface area contributed by atoms with Crippen molar-refractivity contribution in [2.75, 3.05) is 12.3 Å². The lowest BCUT2D eigenvalue weighted by Gasteiger charge is -2.18. The normalized spacial score (nSPS) is 11.5. The van der Waals surface area contributed by atoms with Gasteiger partial charge >= 0.3 is 11.7 Å². The summed E-state index contributed by atoms with van der Waals surface area (Å²) in [7, 11) is 2.52. The second kappa shape index (κ2) is 10.4. The third-order valence-electron chi connectivity index (χ3n) is 5.24. The fourth-order valence-corrected chi connectivity index (χ4v) is 3.31. The number of nitrogens with two attached hydrogens (primary N) is 1. The van der Waals surface area contributed by atoms with E-state index in [0.717, 1.165) is 14.7 Å². The number of nitrogen functional groups attached to an aromatic ring is 1. The van der Waals surface area contributed by atoms with Crippen molar-refractivity contribution in [1.82, 2.24) is 14.5 Å². The number of carbonyl (C=O) groups is 3. The maximum atomic E-state index is 12.8. The largest absolute Gasteiger partial charge is 0.456 e. The fraction of sp³-hybridized carbons (Fsp3) is 0.208. The first-order valence-corrected chi connectivity index (χ1v) is 10.4. The Morgan fingerprint density at radius 3 is 2.15 bits per heavy atom. The number of amides is 1. The number of nitrogens with zero attached hydrogens (tertiary/aromatic N) is 2. The quantitative estimate of drug-likeness (QED) is 0.364. The van der Waals surface area contributed by atoms with E-state index in [0.29, 0.717) is 5.56 Å². The van der Waals surface area contributed by atoms with Gasteiger partial charge in [-0.1, -0.05) is 48.5 Å². The predicted octanol–water partition coefficient (Wildman–Crippen LogP) is 0.433. The first-order chi connectivity index (χ1) is 16.2. The van der Waals surface area contributed by atoms with Crippen LogP contribution in [0.5, 0.6) is 0 Å². The molecule has 1 heterocycles. The Hall–Kier alpha value is -4.47. The van der Waals surface area contributed by atoms with Gasteiger partial charge in [-0.05, 0) is 17.7 Å². The maximum absolute atomic E-state index is 12.8. The average molecular weight is 464 g/mol. The minimum atomic E-state index is -1.09. The molecule has 10 heteroatoms. The third kappa shape index (κ3) is 5.29. The van der Waals surface area contributed by atoms with E-state index in [1.54, 1.807) is 54.6 Å². The van der Waals surface area contributed by atoms with Gasteiger partial charge in [0.2, 0.25) is 5.78 Å². The van der Waals surface area contributed by atoms with E-state index >= 15 is 0 Å². The molecule has 0 saturated carbocycles. The van der Waals surface area contributed by atoms with Crippen molar-refractivity contribution in [1.29, 1.82) is 0 Å². The van der Waals surface area contributed by atoms with Crippen LogP contribution in [0, 0.1) is 0 Å². The monoisotopic (exact) mass is 464 g/mol. The molecule has 1 amide bonds. The number of esters is 1. The van der Waals surface area contributed by atoms with Crippen LogP contribution in [0.3, 0.4) is 0 Å². The number of Topliss-reactive ketones (excluding diaryl/α,β-unsaturated/α-hetero) is 1. The van der Waals surface area contributed by atoms with Gasteiger partial charge in [0.25, 0.3) is 11.5 Å². The van der Waals surface area contributed by atoms with Crippen LogP contribution in [-0.2, 0) is 30.0 Å². The lowest BCUT2D eigenvalue weighted by atomic mass is 10.1. The fourth-order valence-electron chi connectivity index (χ4n) is 3.31. The molecule has 0 aliphatic carbocycles. The minimum Gasteiger partial charge on any atom is -0.456 e. The molecule has 1 atom stereocenters. The van der Waals surface area contributed by atoms with Crippen molar-refractivity contribution in [2.45, 2.75) is 12.5 Å². The Kier molecular flexibility index (Phi) is 7.42. The number of anilines is 1. The zero-order valence-electron chi connectivity index (χ0n) is 18.7. The molecule has 0 saturated heterocycles. The number of ether oxygens (including phenoxy) is 1. The number of ketones is 1. The second-order valence-electron chi connectivity index (χ2n) is 7.58. The molecule has 34 heavy (non-hydrogen) atoms. The van der Waals surface area contributed by atoms with Gasteiger partial charge < -0.3 is 15.8 Å². The molecule has 0 fully saturated rings. The summed E-state index contributed by atoms with van der Waals surface area (Å²) >= 11 is 0. The highest BCUT2D eigenvalue weighted by molar-refractivity contribution is 6.02. The Morgan fingerprint density at radius 2 is 1.53 bits per heavy atom. The number of hydrogen-bond acceptors (Lipinski definition) is 7. The number of rotatable bonds is 8. The van der Waals surface area contributed by atoms with Crippen LogP contribution in [0.1, 0.15) is 26.3 Å². The number of aromatic nitrogens is 2. The van der Waals surface area contributed by atoms with E-state index in [1.165, 1.54) is 14.1 Å². The Bertz CT molecular complexity index is 1330. The lowest BCUT2D eigenvalue weighted by molar-refractivity contribution is -0.144. The number of carbonyl (C=O) groups excluding carboxylic acids is 3. The van der Waals surface area contributed by atoms with Crippen LogP contribution in [0.2, 0.25) is 0 Å². The minimum absolute atomic E-state index is 0.121. The van der Waals surface area contributed by atoms with Crippen molar-refractivity contribution < 1.29 is 19.1 Å². The Labute approximate surface area is 194 Å². The molecule has 0 unspecified atom stereocenters. The molecule has 0 spiro atoms. The van der Waals surface area contributed by atoms with E-state index < -0.39 is 47.1 Å². The summed E-state index contributed by atoms with van der Waals surface area (Å²) in [5, 5.41) is 2.63. The van der Waals surface area contributed by atoms with Crippen LogP contribution >= 0.6 is 0 Å². The molecule has 3 rings (SSSR count). The summed E-state index contributed by atoms with van der Waals surface area (Å²) in [6.45, 7) is -0.789. The molecule has 1 aromatic heterocycles. The summed E-state index contributed by atoms with van der Waals surface area (Å²) < 4.78 is 6.85. The first kappa shape index (κ1) is 24.2. The molecule has 0 aliphatic heterocycles. The topological polar surface area (TPSA) is 142 Å². The third-order valence-corrected chi connectivity index (χ3v) is 5.24. The Balaban J connectivity index is 1.79. The van der Waals surface area contributed by atoms with E-state index in [1.807, 2.05) is 6.07 Å². The van der Waals surface area contributed by atoms with E-state index in [-0.39, 0.29) is 12.2 Å². The van der Waals surface area contributed by atoms with Crippen molar-refractivity contribution in [3.63, 3.8) is 0 Å². The van der Waals surface area contributed by atoms with Crippen molar-refractivity contribution in [2.24, 2.45) is 14.1 Å². The maximum Gasteiger partial charge on any atom is 0.332 e. The predicted molar refractivity (Wildman–Crippen MR) is 124 cm³/mol. The van der Waals surface area contributed by atoms with Crippen LogP contribution in [0.25, 0.3) is 0 Å². The van der Waals surface area contributed by atoms with Gasteiger partial charge in [-0.25, -0.2) is 9.59 Å². The number of benzene rings is 2.